The number of rotatable bonds is 3. The van der Waals surface area contributed by atoms with Crippen molar-refractivity contribution in [1.82, 2.24) is 15.1 Å². The van der Waals surface area contributed by atoms with E-state index in [2.05, 4.69) is 20.4 Å². The van der Waals surface area contributed by atoms with Gasteiger partial charge in [-0.15, -0.1) is 0 Å². The second-order valence-corrected chi connectivity index (χ2v) is 3.63. The molecule has 3 rings (SSSR count). The average Bonchev–Trinajstić information content (AvgIpc) is 2.93. The Morgan fingerprint density at radius 3 is 2.61 bits per heavy atom. The summed E-state index contributed by atoms with van der Waals surface area (Å²) in [6, 6.07) is 13.1. The molecule has 0 aromatic carbocycles. The Balaban J connectivity index is 1.90. The summed E-state index contributed by atoms with van der Waals surface area (Å²) in [4.78, 5) is 8.73. The lowest BCUT2D eigenvalue weighted by Gasteiger charge is -2.04. The Bertz CT molecular complexity index is 623. The van der Waals surface area contributed by atoms with Crippen LogP contribution >= 0.6 is 0 Å². The zero-order chi connectivity index (χ0) is 12.2. The molecule has 0 unspecified atom stereocenters. The van der Waals surface area contributed by atoms with Gasteiger partial charge in [0.2, 0.25) is 0 Å². The Morgan fingerprint density at radius 2 is 1.83 bits per heavy atom. The van der Waals surface area contributed by atoms with Crippen LogP contribution in [0.3, 0.4) is 0 Å². The maximum Gasteiger partial charge on any atom is 0.174 e. The molecule has 18 heavy (non-hydrogen) atoms. The van der Waals surface area contributed by atoms with Crippen molar-refractivity contribution in [3.8, 4) is 11.4 Å². The normalized spacial score (nSPS) is 10.2. The number of nitrogens with one attached hydrogen (secondary N) is 1. The molecule has 0 spiro atoms. The van der Waals surface area contributed by atoms with Gasteiger partial charge in [-0.05, 0) is 24.3 Å². The minimum absolute atomic E-state index is 0.626. The Hall–Kier alpha value is -2.69. The number of pyridine rings is 2. The van der Waals surface area contributed by atoms with Crippen LogP contribution in [0.5, 0.6) is 0 Å². The van der Waals surface area contributed by atoms with Gasteiger partial charge in [-0.3, -0.25) is 4.98 Å². The predicted molar refractivity (Wildman–Crippen MR) is 67.3 cm³/mol. The first-order valence-corrected chi connectivity index (χ1v) is 5.48. The minimum Gasteiger partial charge on any atom is -0.363 e. The van der Waals surface area contributed by atoms with Gasteiger partial charge in [-0.1, -0.05) is 17.3 Å². The lowest BCUT2D eigenvalue weighted by atomic mass is 10.2. The Labute approximate surface area is 104 Å². The van der Waals surface area contributed by atoms with Crippen LogP contribution in [0.4, 0.5) is 11.6 Å². The highest BCUT2D eigenvalue weighted by Crippen LogP contribution is 2.18. The third kappa shape index (κ3) is 2.20. The summed E-state index contributed by atoms with van der Waals surface area (Å²) >= 11 is 0. The van der Waals surface area contributed by atoms with E-state index < -0.39 is 0 Å². The van der Waals surface area contributed by atoms with Crippen molar-refractivity contribution in [1.29, 1.82) is 0 Å². The van der Waals surface area contributed by atoms with Gasteiger partial charge in [0.25, 0.3) is 0 Å². The summed E-state index contributed by atoms with van der Waals surface area (Å²) in [5.74, 6) is 1.33. The van der Waals surface area contributed by atoms with E-state index in [-0.39, 0.29) is 0 Å². The fraction of sp³-hybridized carbons (Fsp3) is 0. The number of anilines is 2. The topological polar surface area (TPSA) is 63.8 Å². The van der Waals surface area contributed by atoms with Gasteiger partial charge in [0.1, 0.15) is 12.1 Å². The summed E-state index contributed by atoms with van der Waals surface area (Å²) in [6.45, 7) is 0. The molecular formula is C13H10N4O. The van der Waals surface area contributed by atoms with Crippen molar-refractivity contribution in [2.75, 3.05) is 5.32 Å². The van der Waals surface area contributed by atoms with Crippen LogP contribution in [0.2, 0.25) is 0 Å². The van der Waals surface area contributed by atoms with E-state index in [1.54, 1.807) is 12.3 Å². The molecule has 0 amide bonds. The van der Waals surface area contributed by atoms with Crippen molar-refractivity contribution in [3.63, 3.8) is 0 Å². The van der Waals surface area contributed by atoms with E-state index >= 15 is 0 Å². The molecule has 88 valence electrons. The van der Waals surface area contributed by atoms with Crippen molar-refractivity contribution in [3.05, 3.63) is 54.9 Å². The molecule has 0 bridgehead atoms. The third-order valence-corrected chi connectivity index (χ3v) is 2.37. The lowest BCUT2D eigenvalue weighted by molar-refractivity contribution is 0.423. The number of aromatic nitrogens is 3. The van der Waals surface area contributed by atoms with E-state index in [0.29, 0.717) is 11.6 Å². The maximum atomic E-state index is 4.75. The van der Waals surface area contributed by atoms with Crippen LogP contribution in [-0.2, 0) is 0 Å². The van der Waals surface area contributed by atoms with Gasteiger partial charge < -0.3 is 9.84 Å². The van der Waals surface area contributed by atoms with Crippen molar-refractivity contribution in [2.24, 2.45) is 0 Å². The average molecular weight is 238 g/mol. The van der Waals surface area contributed by atoms with Crippen molar-refractivity contribution >= 4 is 11.6 Å². The molecule has 0 aliphatic rings. The van der Waals surface area contributed by atoms with Gasteiger partial charge in [0, 0.05) is 12.3 Å². The molecule has 0 saturated carbocycles. The minimum atomic E-state index is 0.626. The number of hydrogen-bond donors (Lipinski definition) is 1. The maximum absolute atomic E-state index is 4.75. The lowest BCUT2D eigenvalue weighted by Crippen LogP contribution is -1.95. The molecule has 3 heterocycles. The molecule has 5 heteroatoms. The van der Waals surface area contributed by atoms with E-state index in [1.807, 2.05) is 36.4 Å². The molecule has 5 nitrogen and oxygen atoms in total. The van der Waals surface area contributed by atoms with Gasteiger partial charge in [0.05, 0.1) is 11.4 Å². The fourth-order valence-corrected chi connectivity index (χ4v) is 1.57. The highest BCUT2D eigenvalue weighted by Gasteiger charge is 2.03. The highest BCUT2D eigenvalue weighted by atomic mass is 16.5. The zero-order valence-corrected chi connectivity index (χ0v) is 9.45. The monoisotopic (exact) mass is 238 g/mol. The molecule has 3 aromatic heterocycles. The first kappa shape index (κ1) is 10.5. The summed E-state index contributed by atoms with van der Waals surface area (Å²) in [6.07, 6.45) is 3.25. The Kier molecular flexibility index (Phi) is 2.71. The van der Waals surface area contributed by atoms with Crippen LogP contribution in [0.25, 0.3) is 11.4 Å². The quantitative estimate of drug-likeness (QED) is 0.760. The smallest absolute Gasteiger partial charge is 0.174 e. The van der Waals surface area contributed by atoms with Crippen LogP contribution in [0, 0.1) is 0 Å². The standard InChI is InChI=1S/C13H10N4O/c1-2-8-14-10(4-1)11-5-3-6-12(15-11)16-13-7-9-18-17-13/h1-9H,(H,15,16,17). The molecule has 0 atom stereocenters. The van der Waals surface area contributed by atoms with Gasteiger partial charge in [0.15, 0.2) is 5.82 Å². The highest BCUT2D eigenvalue weighted by molar-refractivity contribution is 5.59. The molecule has 0 aliphatic heterocycles. The van der Waals surface area contributed by atoms with Gasteiger partial charge >= 0.3 is 0 Å². The van der Waals surface area contributed by atoms with Crippen LogP contribution < -0.4 is 5.32 Å². The molecule has 0 saturated heterocycles. The summed E-state index contributed by atoms with van der Waals surface area (Å²) < 4.78 is 4.75. The Morgan fingerprint density at radius 1 is 0.889 bits per heavy atom. The zero-order valence-electron chi connectivity index (χ0n) is 9.45. The second kappa shape index (κ2) is 4.67. The molecule has 0 fully saturated rings. The van der Waals surface area contributed by atoms with Crippen molar-refractivity contribution < 1.29 is 4.52 Å². The largest absolute Gasteiger partial charge is 0.363 e. The fourth-order valence-electron chi connectivity index (χ4n) is 1.57. The SMILES string of the molecule is c1ccc(-c2cccc(Nc3ccon3)n2)nc1. The van der Waals surface area contributed by atoms with Crippen LogP contribution in [-0.4, -0.2) is 15.1 Å². The molecule has 3 aromatic rings. The van der Waals surface area contributed by atoms with Gasteiger partial charge in [-0.25, -0.2) is 4.98 Å². The van der Waals surface area contributed by atoms with E-state index in [9.17, 15) is 0 Å². The predicted octanol–water partition coefficient (Wildman–Crippen LogP) is 2.88. The van der Waals surface area contributed by atoms with E-state index in [0.717, 1.165) is 11.4 Å². The summed E-state index contributed by atoms with van der Waals surface area (Å²) in [5.41, 5.74) is 1.64. The second-order valence-electron chi connectivity index (χ2n) is 3.63. The first-order chi connectivity index (χ1) is 8.92. The molecule has 0 radical (unpaired) electrons. The number of nitrogens with zero attached hydrogens (tertiary/aromatic N) is 3. The van der Waals surface area contributed by atoms with E-state index in [1.165, 1.54) is 6.26 Å². The van der Waals surface area contributed by atoms with Crippen LogP contribution in [0.1, 0.15) is 0 Å². The summed E-state index contributed by atoms with van der Waals surface area (Å²) in [5, 5.41) is 6.82. The van der Waals surface area contributed by atoms with Crippen LogP contribution in [0.15, 0.2) is 59.4 Å². The van der Waals surface area contributed by atoms with Crippen molar-refractivity contribution in [2.45, 2.75) is 0 Å². The first-order valence-electron chi connectivity index (χ1n) is 5.48. The molecule has 1 N–H and O–H groups in total. The third-order valence-electron chi connectivity index (χ3n) is 2.37. The summed E-state index contributed by atoms with van der Waals surface area (Å²) in [7, 11) is 0. The number of hydrogen-bond acceptors (Lipinski definition) is 5. The molecular weight excluding hydrogens is 228 g/mol. The molecule has 0 aliphatic carbocycles. The van der Waals surface area contributed by atoms with E-state index in [4.69, 9.17) is 4.52 Å². The van der Waals surface area contributed by atoms with Gasteiger partial charge in [-0.2, -0.15) is 0 Å².